The predicted molar refractivity (Wildman–Crippen MR) is 310 cm³/mol. The number of aromatic nitrogens is 5. The molecule has 0 saturated carbocycles. The Morgan fingerprint density at radius 3 is 1.50 bits per heavy atom. The third kappa shape index (κ3) is 6.60. The monoisotopic (exact) mass is 943 g/mol. The number of benzene rings is 11. The Hall–Kier alpha value is -9.71. The zero-order valence-electron chi connectivity index (χ0n) is 40.3. The van der Waals surface area contributed by atoms with Gasteiger partial charge in [0.25, 0.3) is 0 Å². The number of fused-ring (bicyclic) bond motifs is 12. The van der Waals surface area contributed by atoms with E-state index in [4.69, 9.17) is 15.0 Å². The highest BCUT2D eigenvalue weighted by Crippen LogP contribution is 2.46. The fourth-order valence-electron chi connectivity index (χ4n) is 11.9. The van der Waals surface area contributed by atoms with E-state index in [9.17, 15) is 0 Å². The summed E-state index contributed by atoms with van der Waals surface area (Å²) in [6.07, 6.45) is 8.76. The number of para-hydroxylation sites is 2. The van der Waals surface area contributed by atoms with Crippen LogP contribution in [0.3, 0.4) is 0 Å². The predicted octanol–water partition coefficient (Wildman–Crippen LogP) is 18.1. The van der Waals surface area contributed by atoms with Gasteiger partial charge in [-0.2, -0.15) is 0 Å². The van der Waals surface area contributed by atoms with Gasteiger partial charge >= 0.3 is 0 Å². The highest BCUT2D eigenvalue weighted by Gasteiger charge is 2.24. The second-order valence-corrected chi connectivity index (χ2v) is 19.4. The summed E-state index contributed by atoms with van der Waals surface area (Å²) in [5.74, 6) is 1.83. The molecule has 5 nitrogen and oxygen atoms in total. The molecule has 74 heavy (non-hydrogen) atoms. The third-order valence-electron chi connectivity index (χ3n) is 15.2. The van der Waals surface area contributed by atoms with E-state index >= 15 is 0 Å². The summed E-state index contributed by atoms with van der Waals surface area (Å²) in [7, 11) is 0. The molecule has 11 aromatic carbocycles. The Bertz CT molecular complexity index is 4620. The quantitative estimate of drug-likeness (QED) is 0.150. The van der Waals surface area contributed by atoms with Crippen LogP contribution in [0.25, 0.3) is 144 Å². The van der Waals surface area contributed by atoms with E-state index in [2.05, 4.69) is 240 Å². The minimum Gasteiger partial charge on any atom is -0.313 e. The molecule has 5 heteroatoms. The van der Waals surface area contributed by atoms with E-state index in [1.165, 1.54) is 81.7 Å². The van der Waals surface area contributed by atoms with Crippen molar-refractivity contribution in [2.75, 3.05) is 0 Å². The lowest BCUT2D eigenvalue weighted by Crippen LogP contribution is -2.03. The van der Waals surface area contributed by atoms with Crippen LogP contribution in [0.2, 0.25) is 0 Å². The van der Waals surface area contributed by atoms with Gasteiger partial charge in [-0.15, -0.1) is 0 Å². The van der Waals surface area contributed by atoms with Gasteiger partial charge in [-0.25, -0.2) is 15.0 Å². The van der Waals surface area contributed by atoms with E-state index in [1.807, 2.05) is 18.2 Å². The average molecular weight is 944 g/mol. The van der Waals surface area contributed by atoms with E-state index in [-0.39, 0.29) is 0 Å². The van der Waals surface area contributed by atoms with Crippen LogP contribution in [-0.2, 0) is 0 Å². The lowest BCUT2D eigenvalue weighted by atomic mass is 9.93. The molecule has 0 saturated heterocycles. The lowest BCUT2D eigenvalue weighted by molar-refractivity contribution is 0.979. The molecule has 3 aromatic heterocycles. The van der Waals surface area contributed by atoms with Crippen LogP contribution in [0.4, 0.5) is 0 Å². The summed E-state index contributed by atoms with van der Waals surface area (Å²) in [6, 6.07) is 83.2. The van der Waals surface area contributed by atoms with Gasteiger partial charge in [0.05, 0.1) is 27.8 Å². The van der Waals surface area contributed by atoms with E-state index in [0.717, 1.165) is 57.4 Å². The van der Waals surface area contributed by atoms with Gasteiger partial charge in [0, 0.05) is 43.9 Å². The van der Waals surface area contributed by atoms with Crippen molar-refractivity contribution in [1.82, 2.24) is 24.1 Å². The van der Waals surface area contributed by atoms with Gasteiger partial charge in [-0.3, -0.25) is 0 Å². The van der Waals surface area contributed by atoms with Crippen molar-refractivity contribution in [2.45, 2.75) is 12.8 Å². The van der Waals surface area contributed by atoms with E-state index in [0.29, 0.717) is 17.5 Å². The van der Waals surface area contributed by atoms with E-state index in [1.54, 1.807) is 0 Å². The largest absolute Gasteiger partial charge is 0.313 e. The van der Waals surface area contributed by atoms with Gasteiger partial charge in [0.15, 0.2) is 17.5 Å². The van der Waals surface area contributed by atoms with Crippen LogP contribution in [0.1, 0.15) is 12.8 Å². The maximum absolute atomic E-state index is 5.47. The molecule has 15 rings (SSSR count). The molecule has 3 heterocycles. The van der Waals surface area contributed by atoms with Crippen molar-refractivity contribution in [2.24, 2.45) is 0 Å². The molecule has 0 spiro atoms. The number of allylic oxidation sites excluding steroid dienone is 4. The summed E-state index contributed by atoms with van der Waals surface area (Å²) < 4.78 is 4.93. The standard InChI is InChI=1S/C69H45N5/c1-4-20-44(21-5-1)46-38-41-57-64(43-46)74(63-37-19-33-55(66(57)63)54-32-18-36-62-65(54)56-30-14-16-34-60(56)73(62)48-24-8-3-9-25-48)61-35-17-15-31-58(61)69-71-67(45-22-6-2-7-23-45)70-68(72-69)47-39-40-53-51-28-11-10-26-49(51)50-27-12-13-29-52(50)59(53)42-47/h1-8,10-24,26-43H,9,25H2. The SMILES string of the molecule is C1=CCCC(n2c3ccccc3c3c(-c4cccc5c4c4ccc(-c6ccccc6)cc4n5-c4ccccc4-c4nc(-c5ccccc5)nc(-c5ccc6c7ccccc7c7ccccc7c6c5)n4)cccc32)=C1. The topological polar surface area (TPSA) is 48.5 Å². The summed E-state index contributed by atoms with van der Waals surface area (Å²) in [4.78, 5) is 16.1. The Morgan fingerprint density at radius 1 is 0.311 bits per heavy atom. The van der Waals surface area contributed by atoms with Crippen molar-refractivity contribution in [3.05, 3.63) is 249 Å². The van der Waals surface area contributed by atoms with Crippen molar-refractivity contribution in [1.29, 1.82) is 0 Å². The van der Waals surface area contributed by atoms with Crippen molar-refractivity contribution in [3.8, 4) is 62.1 Å². The second-order valence-electron chi connectivity index (χ2n) is 19.4. The molecule has 0 amide bonds. The highest BCUT2D eigenvalue weighted by molar-refractivity contribution is 6.26. The van der Waals surface area contributed by atoms with E-state index < -0.39 is 0 Å². The van der Waals surface area contributed by atoms with Gasteiger partial charge < -0.3 is 9.13 Å². The number of rotatable bonds is 7. The maximum atomic E-state index is 5.47. The fourth-order valence-corrected chi connectivity index (χ4v) is 11.9. The molecule has 0 N–H and O–H groups in total. The summed E-state index contributed by atoms with van der Waals surface area (Å²) in [5.41, 5.74) is 14.4. The number of hydrogen-bond acceptors (Lipinski definition) is 3. The van der Waals surface area contributed by atoms with Crippen LogP contribution in [0, 0.1) is 0 Å². The summed E-state index contributed by atoms with van der Waals surface area (Å²) >= 11 is 0. The second kappa shape index (κ2) is 17.0. The van der Waals surface area contributed by atoms with Crippen LogP contribution in [-0.4, -0.2) is 24.1 Å². The first-order chi connectivity index (χ1) is 36.7. The molecule has 0 bridgehead atoms. The smallest absolute Gasteiger partial charge is 0.166 e. The van der Waals surface area contributed by atoms with Crippen molar-refractivity contribution in [3.63, 3.8) is 0 Å². The van der Waals surface area contributed by atoms with Crippen LogP contribution >= 0.6 is 0 Å². The Morgan fingerprint density at radius 2 is 0.811 bits per heavy atom. The molecule has 0 fully saturated rings. The Kier molecular flexibility index (Phi) is 9.64. The molecule has 1 aliphatic carbocycles. The average Bonchev–Trinajstić information content (AvgIpc) is 4.02. The lowest BCUT2D eigenvalue weighted by Gasteiger charge is -2.16. The summed E-state index contributed by atoms with van der Waals surface area (Å²) in [5, 5.41) is 12.1. The molecular weight excluding hydrogens is 899 g/mol. The number of hydrogen-bond donors (Lipinski definition) is 0. The molecule has 0 atom stereocenters. The zero-order valence-corrected chi connectivity index (χ0v) is 40.3. The fraction of sp³-hybridized carbons (Fsp3) is 0.0290. The number of nitrogens with zero attached hydrogens (tertiary/aromatic N) is 5. The minimum atomic E-state index is 0.600. The van der Waals surface area contributed by atoms with Gasteiger partial charge in [0.2, 0.25) is 0 Å². The normalized spacial score (nSPS) is 12.8. The van der Waals surface area contributed by atoms with Crippen molar-refractivity contribution >= 4 is 81.6 Å². The first-order valence-electron chi connectivity index (χ1n) is 25.5. The highest BCUT2D eigenvalue weighted by atomic mass is 15.1. The van der Waals surface area contributed by atoms with Crippen molar-refractivity contribution < 1.29 is 0 Å². The molecular formula is C69H45N5. The molecule has 1 aliphatic rings. The molecule has 14 aromatic rings. The first-order valence-corrected chi connectivity index (χ1v) is 25.5. The molecule has 0 aliphatic heterocycles. The third-order valence-corrected chi connectivity index (χ3v) is 15.2. The minimum absolute atomic E-state index is 0.600. The zero-order chi connectivity index (χ0) is 48.7. The molecule has 346 valence electrons. The molecule has 0 radical (unpaired) electrons. The first kappa shape index (κ1) is 42.0. The van der Waals surface area contributed by atoms with Gasteiger partial charge in [0.1, 0.15) is 0 Å². The maximum Gasteiger partial charge on any atom is 0.166 e. The van der Waals surface area contributed by atoms with Crippen LogP contribution in [0.15, 0.2) is 249 Å². The molecule has 0 unspecified atom stereocenters. The van der Waals surface area contributed by atoms with Crippen LogP contribution in [0.5, 0.6) is 0 Å². The summed E-state index contributed by atoms with van der Waals surface area (Å²) in [6.45, 7) is 0. The Labute approximate surface area is 427 Å². The van der Waals surface area contributed by atoms with Gasteiger partial charge in [-0.1, -0.05) is 200 Å². The van der Waals surface area contributed by atoms with Gasteiger partial charge in [-0.05, 0) is 116 Å². The Balaban J connectivity index is 0.987. The van der Waals surface area contributed by atoms with Crippen LogP contribution < -0.4 is 0 Å².